The van der Waals surface area contributed by atoms with Crippen LogP contribution in [0.5, 0.6) is 0 Å². The Balaban J connectivity index is 1.43. The third-order valence-electron chi connectivity index (χ3n) is 5.22. The lowest BCUT2D eigenvalue weighted by atomic mass is 9.93. The zero-order valence-corrected chi connectivity index (χ0v) is 14.2. The molecule has 126 valence electrons. The molecule has 5 heteroatoms. The topological polar surface area (TPSA) is 39.7 Å². The Morgan fingerprint density at radius 2 is 1.87 bits per heavy atom. The smallest absolute Gasteiger partial charge is 0.222 e. The van der Waals surface area contributed by atoms with E-state index in [1.54, 1.807) is 0 Å². The van der Waals surface area contributed by atoms with E-state index in [1.165, 1.54) is 0 Å². The van der Waals surface area contributed by atoms with Gasteiger partial charge in [-0.25, -0.2) is 4.98 Å². The molecule has 5 nitrogen and oxygen atoms in total. The van der Waals surface area contributed by atoms with Crippen LogP contribution in [-0.4, -0.2) is 66.5 Å². The van der Waals surface area contributed by atoms with Crippen molar-refractivity contribution in [2.75, 3.05) is 50.7 Å². The van der Waals surface area contributed by atoms with Crippen molar-refractivity contribution < 1.29 is 4.79 Å². The molecule has 2 saturated heterocycles. The fraction of sp³-hybridized carbons (Fsp3) is 0.667. The van der Waals surface area contributed by atoms with Crippen LogP contribution < -0.4 is 4.90 Å². The molecule has 1 aromatic rings. The highest BCUT2D eigenvalue weighted by Gasteiger charge is 2.26. The summed E-state index contributed by atoms with van der Waals surface area (Å²) >= 11 is 0. The fourth-order valence-corrected chi connectivity index (χ4v) is 3.60. The van der Waals surface area contributed by atoms with Gasteiger partial charge in [0.2, 0.25) is 5.91 Å². The van der Waals surface area contributed by atoms with E-state index in [4.69, 9.17) is 0 Å². The summed E-state index contributed by atoms with van der Waals surface area (Å²) in [6.07, 6.45) is 4.76. The van der Waals surface area contributed by atoms with Gasteiger partial charge in [-0.2, -0.15) is 0 Å². The van der Waals surface area contributed by atoms with Crippen LogP contribution >= 0.6 is 0 Å². The first-order valence-corrected chi connectivity index (χ1v) is 8.92. The van der Waals surface area contributed by atoms with Crippen molar-refractivity contribution in [1.82, 2.24) is 14.8 Å². The molecular formula is C18H28N4O. The lowest BCUT2D eigenvalue weighted by Gasteiger charge is -2.36. The van der Waals surface area contributed by atoms with E-state index in [9.17, 15) is 4.79 Å². The van der Waals surface area contributed by atoms with Gasteiger partial charge in [0.15, 0.2) is 0 Å². The Labute approximate surface area is 139 Å². The Bertz CT molecular complexity index is 491. The van der Waals surface area contributed by atoms with Gasteiger partial charge in [0, 0.05) is 51.9 Å². The summed E-state index contributed by atoms with van der Waals surface area (Å²) in [6, 6.07) is 6.06. The molecular weight excluding hydrogens is 288 g/mol. The predicted molar refractivity (Wildman–Crippen MR) is 92.5 cm³/mol. The molecule has 0 unspecified atom stereocenters. The summed E-state index contributed by atoms with van der Waals surface area (Å²) in [5.74, 6) is 1.96. The largest absolute Gasteiger partial charge is 0.357 e. The van der Waals surface area contributed by atoms with Gasteiger partial charge in [-0.3, -0.25) is 4.79 Å². The molecule has 1 aromatic heterocycles. The Kier molecular flexibility index (Phi) is 5.49. The van der Waals surface area contributed by atoms with E-state index in [0.717, 1.165) is 70.9 Å². The summed E-state index contributed by atoms with van der Waals surface area (Å²) in [7, 11) is 0. The molecule has 0 N–H and O–H groups in total. The van der Waals surface area contributed by atoms with E-state index < -0.39 is 0 Å². The minimum atomic E-state index is 0.358. The Morgan fingerprint density at radius 1 is 1.13 bits per heavy atom. The van der Waals surface area contributed by atoms with Crippen molar-refractivity contribution in [2.45, 2.75) is 26.2 Å². The second-order valence-corrected chi connectivity index (χ2v) is 6.64. The van der Waals surface area contributed by atoms with E-state index in [1.807, 2.05) is 18.3 Å². The molecule has 0 aliphatic carbocycles. The van der Waals surface area contributed by atoms with E-state index in [2.05, 4.69) is 32.7 Å². The van der Waals surface area contributed by atoms with Gasteiger partial charge in [-0.1, -0.05) is 13.0 Å². The van der Waals surface area contributed by atoms with Gasteiger partial charge in [0.25, 0.3) is 0 Å². The number of carbonyl (C=O) groups excluding carboxylic acids is 1. The van der Waals surface area contributed by atoms with Crippen LogP contribution in [0.4, 0.5) is 5.82 Å². The molecule has 3 rings (SSSR count). The van der Waals surface area contributed by atoms with Crippen molar-refractivity contribution in [2.24, 2.45) is 5.92 Å². The normalized spacial score (nSPS) is 20.7. The summed E-state index contributed by atoms with van der Waals surface area (Å²) < 4.78 is 0. The minimum Gasteiger partial charge on any atom is -0.357 e. The first-order valence-electron chi connectivity index (χ1n) is 8.92. The second-order valence-electron chi connectivity index (χ2n) is 6.64. The van der Waals surface area contributed by atoms with Crippen molar-refractivity contribution in [1.29, 1.82) is 0 Å². The average molecular weight is 316 g/mol. The van der Waals surface area contributed by atoms with E-state index >= 15 is 0 Å². The highest BCUT2D eigenvalue weighted by molar-refractivity contribution is 5.76. The summed E-state index contributed by atoms with van der Waals surface area (Å²) in [5.41, 5.74) is 0. The van der Waals surface area contributed by atoms with Gasteiger partial charge >= 0.3 is 0 Å². The van der Waals surface area contributed by atoms with Gasteiger partial charge < -0.3 is 14.7 Å². The van der Waals surface area contributed by atoms with Gasteiger partial charge in [-0.05, 0) is 37.4 Å². The molecule has 0 spiro atoms. The number of amides is 1. The maximum Gasteiger partial charge on any atom is 0.222 e. The van der Waals surface area contributed by atoms with Crippen molar-refractivity contribution in [3.8, 4) is 0 Å². The van der Waals surface area contributed by atoms with Gasteiger partial charge in [0.1, 0.15) is 5.82 Å². The number of piperazine rings is 1. The van der Waals surface area contributed by atoms with Crippen LogP contribution in [0.3, 0.4) is 0 Å². The van der Waals surface area contributed by atoms with Crippen LogP contribution in [0.2, 0.25) is 0 Å². The number of hydrogen-bond donors (Lipinski definition) is 0. The molecule has 0 bridgehead atoms. The average Bonchev–Trinajstić information content (AvgIpc) is 2.63. The first-order chi connectivity index (χ1) is 11.3. The maximum atomic E-state index is 12.5. The number of carbonyl (C=O) groups is 1. The number of anilines is 1. The number of pyridine rings is 1. The number of likely N-dealkylation sites (N-methyl/N-ethyl adjacent to an activating group) is 1. The lowest BCUT2D eigenvalue weighted by molar-refractivity contribution is -0.134. The Hall–Kier alpha value is -1.62. The number of aromatic nitrogens is 1. The quantitative estimate of drug-likeness (QED) is 0.850. The first kappa shape index (κ1) is 16.2. The van der Waals surface area contributed by atoms with E-state index in [0.29, 0.717) is 11.8 Å². The molecule has 2 aliphatic rings. The number of nitrogens with zero attached hydrogens (tertiary/aromatic N) is 4. The number of piperidine rings is 1. The molecule has 0 saturated carbocycles. The van der Waals surface area contributed by atoms with E-state index in [-0.39, 0.29) is 0 Å². The summed E-state index contributed by atoms with van der Waals surface area (Å²) in [5, 5.41) is 0. The maximum absolute atomic E-state index is 12.5. The second kappa shape index (κ2) is 7.77. The summed E-state index contributed by atoms with van der Waals surface area (Å²) in [6.45, 7) is 9.16. The van der Waals surface area contributed by atoms with Crippen LogP contribution in [0, 0.1) is 5.92 Å². The monoisotopic (exact) mass is 316 g/mol. The highest BCUT2D eigenvalue weighted by Crippen LogP contribution is 2.24. The molecule has 23 heavy (non-hydrogen) atoms. The summed E-state index contributed by atoms with van der Waals surface area (Å²) in [4.78, 5) is 23.7. The highest BCUT2D eigenvalue weighted by atomic mass is 16.2. The minimum absolute atomic E-state index is 0.358. The molecule has 3 heterocycles. The standard InChI is InChI=1S/C18H28N4O/c1-2-20-11-13-22(14-12-20)18(23)15-16-6-9-21(10-7-16)17-5-3-4-8-19-17/h3-5,8,16H,2,6-7,9-15H2,1H3. The van der Waals surface area contributed by atoms with Gasteiger partial charge in [-0.15, -0.1) is 0 Å². The van der Waals surface area contributed by atoms with Crippen LogP contribution in [-0.2, 0) is 4.79 Å². The molecule has 1 amide bonds. The Morgan fingerprint density at radius 3 is 2.48 bits per heavy atom. The molecule has 2 fully saturated rings. The van der Waals surface area contributed by atoms with Crippen molar-refractivity contribution in [3.63, 3.8) is 0 Å². The van der Waals surface area contributed by atoms with Crippen LogP contribution in [0.15, 0.2) is 24.4 Å². The molecule has 0 aromatic carbocycles. The van der Waals surface area contributed by atoms with Crippen molar-refractivity contribution in [3.05, 3.63) is 24.4 Å². The molecule has 0 atom stereocenters. The van der Waals surface area contributed by atoms with Crippen LogP contribution in [0.1, 0.15) is 26.2 Å². The van der Waals surface area contributed by atoms with Crippen LogP contribution in [0.25, 0.3) is 0 Å². The fourth-order valence-electron chi connectivity index (χ4n) is 3.60. The molecule has 0 radical (unpaired) electrons. The number of hydrogen-bond acceptors (Lipinski definition) is 4. The van der Waals surface area contributed by atoms with Gasteiger partial charge in [0.05, 0.1) is 0 Å². The zero-order valence-electron chi connectivity index (χ0n) is 14.2. The molecule has 2 aliphatic heterocycles. The third-order valence-corrected chi connectivity index (χ3v) is 5.22. The lowest BCUT2D eigenvalue weighted by Crippen LogP contribution is -2.49. The number of rotatable bonds is 4. The third kappa shape index (κ3) is 4.22. The van der Waals surface area contributed by atoms with Crippen molar-refractivity contribution >= 4 is 11.7 Å². The predicted octanol–water partition coefficient (Wildman–Crippen LogP) is 1.85. The SMILES string of the molecule is CCN1CCN(C(=O)CC2CCN(c3ccccn3)CC2)CC1. The zero-order chi connectivity index (χ0) is 16.1.